The van der Waals surface area contributed by atoms with E-state index in [9.17, 15) is 14.9 Å². The van der Waals surface area contributed by atoms with Gasteiger partial charge < -0.3 is 20.1 Å². The van der Waals surface area contributed by atoms with Crippen LogP contribution in [0.5, 0.6) is 11.5 Å². The number of hydrogen-bond acceptors (Lipinski definition) is 6. The largest absolute Gasteiger partial charge is 0.495 e. The van der Waals surface area contributed by atoms with Crippen LogP contribution in [0.15, 0.2) is 30.3 Å². The molecular formula is C17H18ClN3O5. The number of nitrogens with zero attached hydrogens (tertiary/aromatic N) is 1. The number of anilines is 2. The fourth-order valence-corrected chi connectivity index (χ4v) is 2.58. The molecule has 0 aliphatic carbocycles. The molecule has 138 valence electrons. The highest BCUT2D eigenvalue weighted by molar-refractivity contribution is 6.32. The average Bonchev–Trinajstić information content (AvgIpc) is 2.60. The Balaban J connectivity index is 2.10. The molecule has 0 spiro atoms. The third kappa shape index (κ3) is 4.34. The lowest BCUT2D eigenvalue weighted by Crippen LogP contribution is -2.22. The van der Waals surface area contributed by atoms with Crippen LogP contribution >= 0.6 is 11.6 Å². The van der Waals surface area contributed by atoms with Crippen molar-refractivity contribution in [3.63, 3.8) is 0 Å². The fourth-order valence-electron chi connectivity index (χ4n) is 2.34. The van der Waals surface area contributed by atoms with E-state index in [1.807, 2.05) is 0 Å². The zero-order chi connectivity index (χ0) is 19.3. The van der Waals surface area contributed by atoms with Gasteiger partial charge in [0.05, 0.1) is 36.4 Å². The van der Waals surface area contributed by atoms with Gasteiger partial charge in [0, 0.05) is 23.4 Å². The predicted octanol–water partition coefficient (Wildman–Crippen LogP) is 3.62. The van der Waals surface area contributed by atoms with Crippen molar-refractivity contribution >= 4 is 34.6 Å². The van der Waals surface area contributed by atoms with Crippen molar-refractivity contribution in [2.45, 2.75) is 6.92 Å². The number of carbonyl (C=O) groups excluding carboxylic acids is 1. The summed E-state index contributed by atoms with van der Waals surface area (Å²) in [5.74, 6) is 0.452. The maximum Gasteiger partial charge on any atom is 0.274 e. The van der Waals surface area contributed by atoms with E-state index >= 15 is 0 Å². The molecule has 9 heteroatoms. The van der Waals surface area contributed by atoms with Gasteiger partial charge in [-0.1, -0.05) is 17.7 Å². The smallest absolute Gasteiger partial charge is 0.274 e. The van der Waals surface area contributed by atoms with E-state index < -0.39 is 4.92 Å². The number of nitro groups is 1. The van der Waals surface area contributed by atoms with Crippen LogP contribution in [0.2, 0.25) is 5.02 Å². The van der Waals surface area contributed by atoms with Crippen molar-refractivity contribution in [1.82, 2.24) is 0 Å². The monoisotopic (exact) mass is 379 g/mol. The molecule has 1 amide bonds. The molecule has 0 saturated carbocycles. The normalized spacial score (nSPS) is 10.2. The minimum absolute atomic E-state index is 0.0148. The van der Waals surface area contributed by atoms with Gasteiger partial charge in [0.2, 0.25) is 5.91 Å². The van der Waals surface area contributed by atoms with Gasteiger partial charge in [-0.05, 0) is 19.1 Å². The van der Waals surface area contributed by atoms with E-state index in [1.165, 1.54) is 26.4 Å². The van der Waals surface area contributed by atoms with Crippen LogP contribution in [0.3, 0.4) is 0 Å². The molecule has 0 bridgehead atoms. The van der Waals surface area contributed by atoms with Crippen LogP contribution in [0.4, 0.5) is 17.1 Å². The summed E-state index contributed by atoms with van der Waals surface area (Å²) >= 11 is 6.07. The number of nitrogens with one attached hydrogen (secondary N) is 2. The summed E-state index contributed by atoms with van der Waals surface area (Å²) in [6, 6.07) is 7.72. The van der Waals surface area contributed by atoms with E-state index in [0.717, 1.165) is 0 Å². The highest BCUT2D eigenvalue weighted by Gasteiger charge is 2.15. The van der Waals surface area contributed by atoms with Crippen molar-refractivity contribution in [2.75, 3.05) is 31.4 Å². The maximum absolute atomic E-state index is 12.2. The van der Waals surface area contributed by atoms with E-state index in [0.29, 0.717) is 33.5 Å². The number of methoxy groups -OCH3 is 2. The second-order valence-electron chi connectivity index (χ2n) is 5.30. The number of hydrogen-bond donors (Lipinski definition) is 2. The van der Waals surface area contributed by atoms with Gasteiger partial charge in [-0.2, -0.15) is 0 Å². The van der Waals surface area contributed by atoms with Crippen LogP contribution in [0.1, 0.15) is 5.56 Å². The molecule has 0 radical (unpaired) electrons. The number of benzene rings is 2. The molecule has 2 aromatic carbocycles. The van der Waals surface area contributed by atoms with Gasteiger partial charge in [0.25, 0.3) is 5.69 Å². The Bertz CT molecular complexity index is 841. The topological polar surface area (TPSA) is 103 Å². The highest BCUT2D eigenvalue weighted by Crippen LogP contribution is 2.35. The molecule has 0 aromatic heterocycles. The summed E-state index contributed by atoms with van der Waals surface area (Å²) < 4.78 is 10.3. The number of amides is 1. The zero-order valence-corrected chi connectivity index (χ0v) is 15.2. The Hall–Kier alpha value is -3.00. The van der Waals surface area contributed by atoms with Crippen molar-refractivity contribution in [1.29, 1.82) is 0 Å². The number of carbonyl (C=O) groups is 1. The SMILES string of the molecule is COc1cc(OC)c(NC(=O)CNc2cccc([N+](=O)[O-])c2C)cc1Cl. The summed E-state index contributed by atoms with van der Waals surface area (Å²) in [5, 5.41) is 16.9. The molecule has 8 nitrogen and oxygen atoms in total. The van der Waals surface area contributed by atoms with Crippen LogP contribution in [0.25, 0.3) is 0 Å². The van der Waals surface area contributed by atoms with Gasteiger partial charge in [-0.3, -0.25) is 14.9 Å². The van der Waals surface area contributed by atoms with E-state index in [2.05, 4.69) is 10.6 Å². The third-order valence-corrected chi connectivity index (χ3v) is 3.98. The van der Waals surface area contributed by atoms with Gasteiger partial charge in [-0.15, -0.1) is 0 Å². The summed E-state index contributed by atoms with van der Waals surface area (Å²) in [6.45, 7) is 1.53. The van der Waals surface area contributed by atoms with Gasteiger partial charge in [-0.25, -0.2) is 0 Å². The number of ether oxygens (including phenoxy) is 2. The van der Waals surface area contributed by atoms with Crippen molar-refractivity contribution in [3.8, 4) is 11.5 Å². The molecule has 0 unspecified atom stereocenters. The van der Waals surface area contributed by atoms with Gasteiger partial charge >= 0.3 is 0 Å². The van der Waals surface area contributed by atoms with Crippen LogP contribution < -0.4 is 20.1 Å². The Kier molecular flexibility index (Phi) is 6.24. The second kappa shape index (κ2) is 8.39. The molecule has 0 aliphatic rings. The molecule has 0 atom stereocenters. The van der Waals surface area contributed by atoms with Crippen LogP contribution in [-0.4, -0.2) is 31.6 Å². The predicted molar refractivity (Wildman–Crippen MR) is 99.5 cm³/mol. The van der Waals surface area contributed by atoms with E-state index in [1.54, 1.807) is 25.1 Å². The molecule has 2 N–H and O–H groups in total. The Morgan fingerprint density at radius 2 is 1.88 bits per heavy atom. The lowest BCUT2D eigenvalue weighted by atomic mass is 10.1. The molecule has 0 heterocycles. The quantitative estimate of drug-likeness (QED) is 0.562. The minimum Gasteiger partial charge on any atom is -0.495 e. The van der Waals surface area contributed by atoms with Crippen molar-refractivity contribution in [2.24, 2.45) is 0 Å². The van der Waals surface area contributed by atoms with E-state index in [-0.39, 0.29) is 18.1 Å². The average molecular weight is 380 g/mol. The molecule has 0 fully saturated rings. The lowest BCUT2D eigenvalue weighted by molar-refractivity contribution is -0.385. The van der Waals surface area contributed by atoms with Crippen molar-refractivity contribution < 1.29 is 19.2 Å². The summed E-state index contributed by atoms with van der Waals surface area (Å²) in [6.07, 6.45) is 0. The number of rotatable bonds is 7. The zero-order valence-electron chi connectivity index (χ0n) is 14.5. The first-order valence-corrected chi connectivity index (χ1v) is 7.94. The minimum atomic E-state index is -0.467. The first-order valence-electron chi connectivity index (χ1n) is 7.56. The molecule has 0 aliphatic heterocycles. The molecule has 0 saturated heterocycles. The second-order valence-corrected chi connectivity index (χ2v) is 5.70. The van der Waals surface area contributed by atoms with Crippen LogP contribution in [0, 0.1) is 17.0 Å². The van der Waals surface area contributed by atoms with Crippen molar-refractivity contribution in [3.05, 3.63) is 51.0 Å². The fraction of sp³-hybridized carbons (Fsp3) is 0.235. The number of halogens is 1. The van der Waals surface area contributed by atoms with Gasteiger partial charge in [0.15, 0.2) is 0 Å². The molecular weight excluding hydrogens is 362 g/mol. The van der Waals surface area contributed by atoms with Gasteiger partial charge in [0.1, 0.15) is 11.5 Å². The summed E-state index contributed by atoms with van der Waals surface area (Å²) in [5.41, 5.74) is 1.34. The molecule has 2 rings (SSSR count). The maximum atomic E-state index is 12.2. The highest BCUT2D eigenvalue weighted by atomic mass is 35.5. The Morgan fingerprint density at radius 1 is 1.19 bits per heavy atom. The standard InChI is InChI=1S/C17H18ClN3O5/c1-10-12(5-4-6-14(10)21(23)24)19-9-17(22)20-13-7-11(18)15(25-2)8-16(13)26-3/h4-8,19H,9H2,1-3H3,(H,20,22). The Morgan fingerprint density at radius 3 is 2.50 bits per heavy atom. The first kappa shape index (κ1) is 19.3. The summed E-state index contributed by atoms with van der Waals surface area (Å²) in [4.78, 5) is 22.7. The number of nitro benzene ring substituents is 1. The van der Waals surface area contributed by atoms with Crippen LogP contribution in [-0.2, 0) is 4.79 Å². The molecule has 2 aromatic rings. The Labute approximate surface area is 155 Å². The summed E-state index contributed by atoms with van der Waals surface area (Å²) in [7, 11) is 2.94. The third-order valence-electron chi connectivity index (χ3n) is 3.69. The first-order chi connectivity index (χ1) is 12.4. The molecule has 26 heavy (non-hydrogen) atoms. The lowest BCUT2D eigenvalue weighted by Gasteiger charge is -2.14. The van der Waals surface area contributed by atoms with E-state index in [4.69, 9.17) is 21.1 Å².